The number of hydrogen-bond acceptors (Lipinski definition) is 4. The van der Waals surface area contributed by atoms with E-state index in [4.69, 9.17) is 21.3 Å². The first-order valence-corrected chi connectivity index (χ1v) is 11.0. The molecule has 0 spiro atoms. The van der Waals surface area contributed by atoms with Gasteiger partial charge in [-0.15, -0.1) is 0 Å². The number of anilines is 1. The number of nitrogens with zero attached hydrogens (tertiary/aromatic N) is 4. The van der Waals surface area contributed by atoms with Crippen LogP contribution in [0.4, 0.5) is 10.1 Å². The zero-order chi connectivity index (χ0) is 20.8. The average Bonchev–Trinajstić information content (AvgIpc) is 3.15. The van der Waals surface area contributed by atoms with Crippen molar-refractivity contribution in [3.05, 3.63) is 57.7 Å². The van der Waals surface area contributed by atoms with Gasteiger partial charge in [0.2, 0.25) is 0 Å². The first kappa shape index (κ1) is 19.7. The van der Waals surface area contributed by atoms with Crippen LogP contribution in [-0.2, 0) is 11.2 Å². The lowest BCUT2D eigenvalue weighted by Gasteiger charge is -2.29. The summed E-state index contributed by atoms with van der Waals surface area (Å²) in [6.07, 6.45) is 2.33. The molecule has 1 aliphatic heterocycles. The number of aryl methyl sites for hydroxylation is 1. The highest BCUT2D eigenvalue weighted by Crippen LogP contribution is 2.36. The van der Waals surface area contributed by atoms with E-state index < -0.39 is 5.82 Å². The number of ether oxygens (including phenoxy) is 1. The van der Waals surface area contributed by atoms with Gasteiger partial charge in [-0.25, -0.2) is 9.37 Å². The lowest BCUT2D eigenvalue weighted by atomic mass is 10.1. The summed E-state index contributed by atoms with van der Waals surface area (Å²) in [5.41, 5.74) is 3.93. The molecular formula is C22H19BrClFN4O. The molecule has 30 heavy (non-hydrogen) atoms. The maximum Gasteiger partial charge on any atom is 0.149 e. The van der Waals surface area contributed by atoms with Gasteiger partial charge < -0.3 is 9.64 Å². The molecule has 8 heteroatoms. The number of fused-ring (bicyclic) bond motifs is 2. The lowest BCUT2D eigenvalue weighted by molar-refractivity contribution is 0.122. The van der Waals surface area contributed by atoms with E-state index in [1.165, 1.54) is 6.07 Å². The largest absolute Gasteiger partial charge is 0.378 e. The SMILES string of the molecule is CCc1nc2c(Br)cc(N3CCOCC3)cc2n1-c1ccnc2c(F)ccc(Cl)c12. The molecule has 5 rings (SSSR count). The minimum absolute atomic E-state index is 0.257. The van der Waals surface area contributed by atoms with Crippen molar-refractivity contribution in [2.45, 2.75) is 13.3 Å². The number of hydrogen-bond donors (Lipinski definition) is 0. The standard InChI is InChI=1S/C22H19BrClFN4O/c1-2-19-27-21-14(23)11-13(28-7-9-30-10-8-28)12-18(21)29(19)17-5-6-26-22-16(25)4-3-15(24)20(17)22/h3-6,11-12H,2,7-10H2,1H3. The molecule has 1 saturated heterocycles. The summed E-state index contributed by atoms with van der Waals surface area (Å²) < 4.78 is 23.0. The Labute approximate surface area is 186 Å². The van der Waals surface area contributed by atoms with Gasteiger partial charge in [0.1, 0.15) is 22.7 Å². The Morgan fingerprint density at radius 2 is 1.97 bits per heavy atom. The number of imidazole rings is 1. The number of aromatic nitrogens is 3. The fourth-order valence-electron chi connectivity index (χ4n) is 4.04. The van der Waals surface area contributed by atoms with Crippen LogP contribution in [-0.4, -0.2) is 40.8 Å². The minimum Gasteiger partial charge on any atom is -0.378 e. The van der Waals surface area contributed by atoms with Gasteiger partial charge >= 0.3 is 0 Å². The van der Waals surface area contributed by atoms with Gasteiger partial charge in [-0.3, -0.25) is 9.55 Å². The summed E-state index contributed by atoms with van der Waals surface area (Å²) in [7, 11) is 0. The van der Waals surface area contributed by atoms with Gasteiger partial charge in [-0.05, 0) is 46.3 Å². The Hall–Kier alpha value is -2.22. The van der Waals surface area contributed by atoms with Crippen molar-refractivity contribution in [2.75, 3.05) is 31.2 Å². The molecule has 0 saturated carbocycles. The third-order valence-electron chi connectivity index (χ3n) is 5.47. The summed E-state index contributed by atoms with van der Waals surface area (Å²) >= 11 is 10.2. The van der Waals surface area contributed by atoms with Crippen LogP contribution in [0.5, 0.6) is 0 Å². The molecule has 3 heterocycles. The van der Waals surface area contributed by atoms with Crippen molar-refractivity contribution in [2.24, 2.45) is 0 Å². The Morgan fingerprint density at radius 1 is 1.17 bits per heavy atom. The van der Waals surface area contributed by atoms with Crippen LogP contribution in [0.3, 0.4) is 0 Å². The summed E-state index contributed by atoms with van der Waals surface area (Å²) in [5, 5.41) is 1.04. The van der Waals surface area contributed by atoms with Crippen molar-refractivity contribution in [3.63, 3.8) is 0 Å². The van der Waals surface area contributed by atoms with Crippen LogP contribution in [0.1, 0.15) is 12.7 Å². The second-order valence-corrected chi connectivity index (χ2v) is 8.46. The van der Waals surface area contributed by atoms with Gasteiger partial charge in [-0.1, -0.05) is 18.5 Å². The highest BCUT2D eigenvalue weighted by Gasteiger charge is 2.21. The van der Waals surface area contributed by atoms with Crippen LogP contribution < -0.4 is 4.90 Å². The van der Waals surface area contributed by atoms with E-state index in [-0.39, 0.29) is 5.52 Å². The fourth-order valence-corrected chi connectivity index (χ4v) is 4.82. The minimum atomic E-state index is -0.395. The normalized spacial score (nSPS) is 14.7. The third-order valence-corrected chi connectivity index (χ3v) is 6.39. The summed E-state index contributed by atoms with van der Waals surface area (Å²) in [5.74, 6) is 0.478. The molecule has 2 aromatic carbocycles. The second kappa shape index (κ2) is 7.80. The van der Waals surface area contributed by atoms with Crippen LogP contribution in [0.25, 0.3) is 27.6 Å². The van der Waals surface area contributed by atoms with E-state index >= 15 is 0 Å². The van der Waals surface area contributed by atoms with Crippen molar-refractivity contribution in [1.29, 1.82) is 0 Å². The predicted molar refractivity (Wildman–Crippen MR) is 121 cm³/mol. The van der Waals surface area contributed by atoms with E-state index in [9.17, 15) is 4.39 Å². The Kier molecular flexibility index (Phi) is 5.13. The smallest absolute Gasteiger partial charge is 0.149 e. The molecule has 0 aliphatic carbocycles. The number of pyridine rings is 1. The van der Waals surface area contributed by atoms with Gasteiger partial charge in [0, 0.05) is 41.3 Å². The van der Waals surface area contributed by atoms with E-state index in [1.807, 2.05) is 6.07 Å². The molecule has 5 nitrogen and oxygen atoms in total. The average molecular weight is 490 g/mol. The first-order chi connectivity index (χ1) is 14.6. The third kappa shape index (κ3) is 3.16. The van der Waals surface area contributed by atoms with E-state index in [0.29, 0.717) is 30.0 Å². The van der Waals surface area contributed by atoms with Crippen LogP contribution in [0.15, 0.2) is 41.0 Å². The van der Waals surface area contributed by atoms with Crippen molar-refractivity contribution < 1.29 is 9.13 Å². The molecule has 1 aliphatic rings. The Bertz CT molecular complexity index is 1270. The number of morpholine rings is 1. The first-order valence-electron chi connectivity index (χ1n) is 9.85. The van der Waals surface area contributed by atoms with Gasteiger partial charge in [0.25, 0.3) is 0 Å². The summed E-state index contributed by atoms with van der Waals surface area (Å²) in [4.78, 5) is 11.4. The molecule has 0 radical (unpaired) electrons. The zero-order valence-corrected chi connectivity index (χ0v) is 18.7. The zero-order valence-electron chi connectivity index (χ0n) is 16.3. The molecule has 4 aromatic rings. The Balaban J connectivity index is 1.82. The van der Waals surface area contributed by atoms with Gasteiger partial charge in [-0.2, -0.15) is 0 Å². The molecule has 154 valence electrons. The fraction of sp³-hybridized carbons (Fsp3) is 0.273. The second-order valence-electron chi connectivity index (χ2n) is 7.19. The van der Waals surface area contributed by atoms with Gasteiger partial charge in [0.05, 0.1) is 29.4 Å². The molecule has 0 unspecified atom stereocenters. The molecule has 0 atom stereocenters. The molecular weight excluding hydrogens is 471 g/mol. The molecule has 0 amide bonds. The summed E-state index contributed by atoms with van der Waals surface area (Å²) in [6, 6.07) is 9.02. The number of benzene rings is 2. The summed E-state index contributed by atoms with van der Waals surface area (Å²) in [6.45, 7) is 5.14. The highest BCUT2D eigenvalue weighted by molar-refractivity contribution is 9.10. The van der Waals surface area contributed by atoms with Crippen LogP contribution in [0.2, 0.25) is 5.02 Å². The highest BCUT2D eigenvalue weighted by atomic mass is 79.9. The molecule has 0 N–H and O–H groups in total. The quantitative estimate of drug-likeness (QED) is 0.380. The van der Waals surface area contributed by atoms with Crippen molar-refractivity contribution in [1.82, 2.24) is 14.5 Å². The van der Waals surface area contributed by atoms with Crippen LogP contribution in [0, 0.1) is 5.82 Å². The number of halogens is 3. The van der Waals surface area contributed by atoms with Crippen molar-refractivity contribution >= 4 is 55.2 Å². The Morgan fingerprint density at radius 3 is 2.73 bits per heavy atom. The maximum absolute atomic E-state index is 14.5. The molecule has 1 fully saturated rings. The van der Waals surface area contributed by atoms with Crippen LogP contribution >= 0.6 is 27.5 Å². The predicted octanol–water partition coefficient (Wildman–Crippen LogP) is 5.53. The lowest BCUT2D eigenvalue weighted by Crippen LogP contribution is -2.36. The monoisotopic (exact) mass is 488 g/mol. The number of rotatable bonds is 3. The molecule has 0 bridgehead atoms. The topological polar surface area (TPSA) is 43.2 Å². The van der Waals surface area contributed by atoms with E-state index in [1.54, 1.807) is 12.3 Å². The van der Waals surface area contributed by atoms with Crippen molar-refractivity contribution in [3.8, 4) is 5.69 Å². The maximum atomic E-state index is 14.5. The van der Waals surface area contributed by atoms with E-state index in [2.05, 4.69) is 49.4 Å². The molecule has 2 aromatic heterocycles. The van der Waals surface area contributed by atoms with E-state index in [0.717, 1.165) is 45.8 Å². The van der Waals surface area contributed by atoms with Gasteiger partial charge in [0.15, 0.2) is 0 Å².